The van der Waals surface area contributed by atoms with Crippen molar-refractivity contribution in [3.05, 3.63) is 11.8 Å². The lowest BCUT2D eigenvalue weighted by molar-refractivity contribution is -0.0698. The van der Waals surface area contributed by atoms with E-state index in [1.54, 1.807) is 7.05 Å². The number of nitrogens with one attached hydrogen (secondary N) is 2. The van der Waals surface area contributed by atoms with Crippen LogP contribution in [0.25, 0.3) is 0 Å². The fraction of sp³-hybridized carbons (Fsp3) is 0.846. The Labute approximate surface area is 117 Å². The van der Waals surface area contributed by atoms with Crippen molar-refractivity contribution in [2.75, 3.05) is 33.7 Å². The van der Waals surface area contributed by atoms with E-state index in [0.29, 0.717) is 6.54 Å². The average Bonchev–Trinajstić information content (AvgIpc) is 2.35. The molecule has 0 saturated heterocycles. The Morgan fingerprint density at radius 3 is 2.58 bits per heavy atom. The number of unbranched alkanes of at least 4 members (excludes halogenated alkanes) is 1. The topological polar surface area (TPSA) is 76.8 Å². The molecule has 0 rings (SSSR count). The SMILES string of the molecule is CCCC/C(=C\NN(C)CCN(C)O)CN[C@@H](C)N. The van der Waals surface area contributed by atoms with Crippen LogP contribution in [0.15, 0.2) is 11.8 Å². The Balaban J connectivity index is 4.12. The molecule has 0 spiro atoms. The minimum atomic E-state index is 0.00537. The largest absolute Gasteiger partial charge is 0.326 e. The van der Waals surface area contributed by atoms with Gasteiger partial charge >= 0.3 is 0 Å². The molecule has 0 amide bonds. The molecular weight excluding hydrogens is 242 g/mol. The maximum atomic E-state index is 9.08. The van der Waals surface area contributed by atoms with Gasteiger partial charge in [-0.1, -0.05) is 13.3 Å². The molecule has 6 heteroatoms. The molecule has 5 N–H and O–H groups in total. The summed E-state index contributed by atoms with van der Waals surface area (Å²) in [6, 6.07) is 0. The van der Waals surface area contributed by atoms with Crippen molar-refractivity contribution < 1.29 is 5.21 Å². The Morgan fingerprint density at radius 2 is 2.05 bits per heavy atom. The van der Waals surface area contributed by atoms with Gasteiger partial charge in [-0.25, -0.2) is 5.01 Å². The fourth-order valence-corrected chi connectivity index (χ4v) is 1.47. The van der Waals surface area contributed by atoms with Crippen molar-refractivity contribution in [2.24, 2.45) is 5.73 Å². The first-order valence-electron chi connectivity index (χ1n) is 6.99. The van der Waals surface area contributed by atoms with Gasteiger partial charge in [-0.05, 0) is 25.3 Å². The maximum Gasteiger partial charge on any atom is 0.0519 e. The number of rotatable bonds is 11. The number of hydrogen-bond acceptors (Lipinski definition) is 6. The standard InChI is InChI=1S/C13H31N5O/c1-5-6-7-13(10-15-12(2)14)11-16-17(3)8-9-18(4)19/h11-12,15-16,19H,5-10,14H2,1-4H3/b13-11+/t12-/m0/s1. The number of nitrogens with zero attached hydrogens (tertiary/aromatic N) is 2. The first kappa shape index (κ1) is 18.3. The minimum Gasteiger partial charge on any atom is -0.326 e. The molecule has 0 heterocycles. The van der Waals surface area contributed by atoms with E-state index in [1.807, 2.05) is 25.2 Å². The lowest BCUT2D eigenvalue weighted by Crippen LogP contribution is -2.38. The number of hydrogen-bond donors (Lipinski definition) is 4. The Hall–Kier alpha value is -0.660. The zero-order chi connectivity index (χ0) is 14.7. The summed E-state index contributed by atoms with van der Waals surface area (Å²) >= 11 is 0. The molecule has 6 nitrogen and oxygen atoms in total. The Bertz CT molecular complexity index is 243. The normalized spacial score (nSPS) is 14.2. The lowest BCUT2D eigenvalue weighted by atomic mass is 10.1. The molecule has 0 aliphatic rings. The van der Waals surface area contributed by atoms with Gasteiger partial charge in [0.2, 0.25) is 0 Å². The molecule has 0 aromatic heterocycles. The number of hydrazine groups is 1. The minimum absolute atomic E-state index is 0.00537. The molecule has 0 fully saturated rings. The molecular formula is C13H31N5O. The van der Waals surface area contributed by atoms with Crippen molar-refractivity contribution in [1.82, 2.24) is 20.8 Å². The van der Waals surface area contributed by atoms with Crippen LogP contribution in [0.1, 0.15) is 33.1 Å². The summed E-state index contributed by atoms with van der Waals surface area (Å²) in [7, 11) is 3.60. The molecule has 0 aromatic rings. The maximum absolute atomic E-state index is 9.08. The van der Waals surface area contributed by atoms with Gasteiger partial charge in [0.25, 0.3) is 0 Å². The molecule has 0 radical (unpaired) electrons. The smallest absolute Gasteiger partial charge is 0.0519 e. The van der Waals surface area contributed by atoms with Crippen LogP contribution in [-0.2, 0) is 0 Å². The van der Waals surface area contributed by atoms with Crippen molar-refractivity contribution in [2.45, 2.75) is 39.3 Å². The third-order valence-electron chi connectivity index (χ3n) is 2.75. The second-order valence-electron chi connectivity index (χ2n) is 5.01. The van der Waals surface area contributed by atoms with E-state index in [-0.39, 0.29) is 6.17 Å². The predicted octanol–water partition coefficient (Wildman–Crippen LogP) is 0.712. The third kappa shape index (κ3) is 12.1. The fourth-order valence-electron chi connectivity index (χ4n) is 1.47. The molecule has 114 valence electrons. The highest BCUT2D eigenvalue weighted by molar-refractivity contribution is 5.02. The number of nitrogens with two attached hydrogens (primary N) is 1. The van der Waals surface area contributed by atoms with Gasteiger partial charge in [-0.3, -0.25) is 5.32 Å². The van der Waals surface area contributed by atoms with Crippen molar-refractivity contribution >= 4 is 0 Å². The van der Waals surface area contributed by atoms with Crippen LogP contribution in [0, 0.1) is 0 Å². The quantitative estimate of drug-likeness (QED) is 0.328. The van der Waals surface area contributed by atoms with Crippen LogP contribution in [0.3, 0.4) is 0 Å². The predicted molar refractivity (Wildman–Crippen MR) is 79.4 cm³/mol. The molecule has 0 bridgehead atoms. The summed E-state index contributed by atoms with van der Waals surface area (Å²) in [5.74, 6) is 0. The van der Waals surface area contributed by atoms with Crippen molar-refractivity contribution in [1.29, 1.82) is 0 Å². The molecule has 1 atom stereocenters. The van der Waals surface area contributed by atoms with E-state index in [9.17, 15) is 0 Å². The van der Waals surface area contributed by atoms with Crippen LogP contribution in [-0.4, -0.2) is 55.2 Å². The molecule has 0 unspecified atom stereocenters. The number of hydroxylamine groups is 2. The van der Waals surface area contributed by atoms with Crippen molar-refractivity contribution in [3.8, 4) is 0 Å². The third-order valence-corrected chi connectivity index (χ3v) is 2.75. The van der Waals surface area contributed by atoms with E-state index in [2.05, 4.69) is 17.7 Å². The summed E-state index contributed by atoms with van der Waals surface area (Å²) < 4.78 is 0. The summed E-state index contributed by atoms with van der Waals surface area (Å²) in [5.41, 5.74) is 10.2. The molecule has 0 aliphatic carbocycles. The van der Waals surface area contributed by atoms with E-state index < -0.39 is 0 Å². The molecule has 0 aliphatic heterocycles. The zero-order valence-electron chi connectivity index (χ0n) is 12.8. The summed E-state index contributed by atoms with van der Waals surface area (Å²) in [5, 5.41) is 15.4. The van der Waals surface area contributed by atoms with Gasteiger partial charge in [-0.2, -0.15) is 5.06 Å². The monoisotopic (exact) mass is 273 g/mol. The molecule has 0 saturated carbocycles. The second kappa shape index (κ2) is 11.2. The van der Waals surface area contributed by atoms with E-state index >= 15 is 0 Å². The van der Waals surface area contributed by atoms with Gasteiger partial charge in [0, 0.05) is 39.9 Å². The molecule has 0 aromatic carbocycles. The van der Waals surface area contributed by atoms with Gasteiger partial charge in [0.1, 0.15) is 0 Å². The van der Waals surface area contributed by atoms with Gasteiger partial charge in [0.05, 0.1) is 6.17 Å². The summed E-state index contributed by atoms with van der Waals surface area (Å²) in [4.78, 5) is 0. The Kier molecular flexibility index (Phi) is 10.8. The first-order valence-corrected chi connectivity index (χ1v) is 6.99. The zero-order valence-corrected chi connectivity index (χ0v) is 12.8. The first-order chi connectivity index (χ1) is 8.95. The van der Waals surface area contributed by atoms with Gasteiger partial charge in [0.15, 0.2) is 0 Å². The van der Waals surface area contributed by atoms with Crippen LogP contribution in [0.4, 0.5) is 0 Å². The highest BCUT2D eigenvalue weighted by atomic mass is 16.5. The average molecular weight is 273 g/mol. The Morgan fingerprint density at radius 1 is 1.37 bits per heavy atom. The number of likely N-dealkylation sites (N-methyl/N-ethyl adjacent to an activating group) is 2. The van der Waals surface area contributed by atoms with E-state index in [1.165, 1.54) is 23.5 Å². The van der Waals surface area contributed by atoms with E-state index in [0.717, 1.165) is 19.5 Å². The van der Waals surface area contributed by atoms with Crippen LogP contribution < -0.4 is 16.5 Å². The van der Waals surface area contributed by atoms with Gasteiger partial charge < -0.3 is 16.4 Å². The lowest BCUT2D eigenvalue weighted by Gasteiger charge is -2.20. The highest BCUT2D eigenvalue weighted by Crippen LogP contribution is 2.05. The van der Waals surface area contributed by atoms with Crippen LogP contribution in [0.5, 0.6) is 0 Å². The van der Waals surface area contributed by atoms with E-state index in [4.69, 9.17) is 10.9 Å². The highest BCUT2D eigenvalue weighted by Gasteiger charge is 2.01. The van der Waals surface area contributed by atoms with Crippen LogP contribution in [0.2, 0.25) is 0 Å². The second-order valence-corrected chi connectivity index (χ2v) is 5.01. The van der Waals surface area contributed by atoms with Crippen molar-refractivity contribution in [3.63, 3.8) is 0 Å². The summed E-state index contributed by atoms with van der Waals surface area (Å²) in [6.45, 7) is 6.27. The van der Waals surface area contributed by atoms with Crippen LogP contribution >= 0.6 is 0 Å². The van der Waals surface area contributed by atoms with Gasteiger partial charge in [-0.15, -0.1) is 0 Å². The molecule has 19 heavy (non-hydrogen) atoms. The summed E-state index contributed by atoms with van der Waals surface area (Å²) in [6.07, 6.45) is 5.46.